The van der Waals surface area contributed by atoms with Crippen LogP contribution in [0.5, 0.6) is 0 Å². The second-order valence-electron chi connectivity index (χ2n) is 16.4. The monoisotopic (exact) mass is 826 g/mol. The van der Waals surface area contributed by atoms with E-state index in [9.17, 15) is 24.0 Å². The van der Waals surface area contributed by atoms with Crippen molar-refractivity contribution in [2.24, 2.45) is 17.2 Å². The van der Waals surface area contributed by atoms with Crippen molar-refractivity contribution in [1.82, 2.24) is 0 Å². The van der Waals surface area contributed by atoms with E-state index in [1.165, 1.54) is 154 Å². The summed E-state index contributed by atoms with van der Waals surface area (Å²) in [5, 5.41) is 8.33. The van der Waals surface area contributed by atoms with Gasteiger partial charge in [-0.15, -0.1) is 0 Å². The second-order valence-corrected chi connectivity index (χ2v) is 16.4. The smallest absolute Gasteiger partial charge is 0.330 e. The minimum atomic E-state index is -1.10. The number of hydrogen-bond acceptors (Lipinski definition) is 10. The maximum absolute atomic E-state index is 12.1. The first-order valence-corrected chi connectivity index (χ1v) is 24.0. The molecule has 342 valence electrons. The van der Waals surface area contributed by atoms with Gasteiger partial charge in [-0.05, 0) is 38.6 Å². The molecule has 0 aromatic heterocycles. The van der Waals surface area contributed by atoms with E-state index in [2.05, 4.69) is 13.8 Å². The average Bonchev–Trinajstić information content (AvgIpc) is 3.20. The van der Waals surface area contributed by atoms with Gasteiger partial charge in [0.1, 0.15) is 12.1 Å². The number of ether oxygens (including phenoxy) is 2. The van der Waals surface area contributed by atoms with Crippen molar-refractivity contribution in [2.45, 2.75) is 264 Å². The van der Waals surface area contributed by atoms with E-state index in [0.29, 0.717) is 25.8 Å². The van der Waals surface area contributed by atoms with Crippen molar-refractivity contribution in [3.8, 4) is 0 Å². The summed E-state index contributed by atoms with van der Waals surface area (Å²) in [7, 11) is 0. The van der Waals surface area contributed by atoms with Crippen molar-refractivity contribution < 1.29 is 38.6 Å². The van der Waals surface area contributed by atoms with Crippen molar-refractivity contribution >= 4 is 29.8 Å². The Labute approximate surface area is 354 Å². The lowest BCUT2D eigenvalue weighted by molar-refractivity contribution is -0.160. The maximum atomic E-state index is 12.1. The normalized spacial score (nSPS) is 12.0. The zero-order valence-electron chi connectivity index (χ0n) is 37.6. The number of rotatable bonds is 41. The lowest BCUT2D eigenvalue weighted by Gasteiger charge is -2.10. The van der Waals surface area contributed by atoms with Crippen LogP contribution in [0.25, 0.3) is 0 Å². The molecule has 2 unspecified atom stereocenters. The van der Waals surface area contributed by atoms with Gasteiger partial charge in [0.2, 0.25) is 0 Å². The molecule has 0 aliphatic carbocycles. The van der Waals surface area contributed by atoms with Crippen LogP contribution < -0.4 is 17.2 Å². The molecular formula is C47H91N3O8. The van der Waals surface area contributed by atoms with Crippen LogP contribution in [-0.4, -0.2) is 53.6 Å². The first kappa shape index (κ1) is 57.7. The molecule has 0 aliphatic rings. The van der Waals surface area contributed by atoms with Crippen molar-refractivity contribution in [3.63, 3.8) is 0 Å². The number of hydrogen-bond donors (Lipinski definition) is 4. The van der Waals surface area contributed by atoms with Gasteiger partial charge in [0, 0.05) is 19.3 Å². The van der Waals surface area contributed by atoms with Crippen LogP contribution in [0.2, 0.25) is 0 Å². The summed E-state index contributed by atoms with van der Waals surface area (Å²) in [6, 6.07) is -1.82. The minimum Gasteiger partial charge on any atom is -0.480 e. The van der Waals surface area contributed by atoms with Gasteiger partial charge in [0.25, 0.3) is 0 Å². The molecule has 0 aromatic rings. The molecule has 0 heterocycles. The van der Waals surface area contributed by atoms with E-state index in [1.807, 2.05) is 0 Å². The van der Waals surface area contributed by atoms with Crippen LogP contribution in [0.15, 0.2) is 0 Å². The molecule has 0 radical (unpaired) electrons. The molecule has 0 aromatic carbocycles. The number of carboxylic acid groups (broad SMARTS) is 1. The van der Waals surface area contributed by atoms with E-state index in [4.69, 9.17) is 31.8 Å². The minimum absolute atomic E-state index is 0.0316. The Bertz CT molecular complexity index is 980. The van der Waals surface area contributed by atoms with Crippen molar-refractivity contribution in [3.05, 3.63) is 0 Å². The molecule has 2 atom stereocenters. The van der Waals surface area contributed by atoms with Crippen molar-refractivity contribution in [2.75, 3.05) is 6.54 Å². The lowest BCUT2D eigenvalue weighted by atomic mass is 10.0. The molecule has 0 amide bonds. The molecule has 0 saturated carbocycles. The van der Waals surface area contributed by atoms with E-state index in [1.54, 1.807) is 0 Å². The third-order valence-corrected chi connectivity index (χ3v) is 10.7. The van der Waals surface area contributed by atoms with Gasteiger partial charge in [-0.25, -0.2) is 4.79 Å². The molecule has 0 bridgehead atoms. The maximum Gasteiger partial charge on any atom is 0.330 e. The first-order valence-electron chi connectivity index (χ1n) is 24.0. The summed E-state index contributed by atoms with van der Waals surface area (Å²) < 4.78 is 9.73. The number of carboxylic acids is 1. The highest BCUT2D eigenvalue weighted by Crippen LogP contribution is 2.16. The topological polar surface area (TPSA) is 202 Å². The number of carbonyl (C=O) groups is 5. The van der Waals surface area contributed by atoms with Gasteiger partial charge in [0.15, 0.2) is 0 Å². The molecule has 0 rings (SSSR count). The van der Waals surface area contributed by atoms with Gasteiger partial charge < -0.3 is 31.8 Å². The zero-order valence-corrected chi connectivity index (χ0v) is 37.6. The van der Waals surface area contributed by atoms with Crippen LogP contribution >= 0.6 is 0 Å². The Balaban J connectivity index is 0. The molecule has 0 spiro atoms. The third kappa shape index (κ3) is 44.7. The Kier molecular flexibility index (Phi) is 45.5. The second kappa shape index (κ2) is 45.7. The van der Waals surface area contributed by atoms with Gasteiger partial charge in [-0.1, -0.05) is 200 Å². The van der Waals surface area contributed by atoms with Crippen LogP contribution in [0.3, 0.4) is 0 Å². The standard InChI is InChI=1S/C41H77NO6.C6H14N2O2/c1-3-5-7-9-11-13-15-17-19-21-23-25-27-29-31-33-38(43)47-40(45)36-35-37(42)41(46)48-39(44)34-32-30-28-26-24-22-20-18-16-14-12-10-8-6-4-2;7-4-2-1-3-5(8)6(9)10/h37H,3-36,42H2,1-2H3;5H,1-4,7-8H2,(H,9,10). The fraction of sp³-hybridized carbons (Fsp3) is 0.894. The predicted molar refractivity (Wildman–Crippen MR) is 237 cm³/mol. The number of carbonyl (C=O) groups excluding carboxylic acids is 4. The summed E-state index contributed by atoms with van der Waals surface area (Å²) in [4.78, 5) is 58.3. The molecule has 0 aliphatic heterocycles. The summed E-state index contributed by atoms with van der Waals surface area (Å²) in [5.41, 5.74) is 16.2. The molecule has 58 heavy (non-hydrogen) atoms. The zero-order chi connectivity index (χ0) is 43.3. The average molecular weight is 826 g/mol. The largest absolute Gasteiger partial charge is 0.480 e. The van der Waals surface area contributed by atoms with Crippen LogP contribution in [0.4, 0.5) is 0 Å². The highest BCUT2D eigenvalue weighted by molar-refractivity contribution is 5.89. The van der Waals surface area contributed by atoms with E-state index in [0.717, 1.165) is 38.5 Å². The highest BCUT2D eigenvalue weighted by Gasteiger charge is 2.21. The Morgan fingerprint density at radius 1 is 0.397 bits per heavy atom. The first-order chi connectivity index (χ1) is 28.1. The Morgan fingerprint density at radius 2 is 0.707 bits per heavy atom. The third-order valence-electron chi connectivity index (χ3n) is 10.7. The summed E-state index contributed by atoms with van der Waals surface area (Å²) in [6.45, 7) is 5.12. The van der Waals surface area contributed by atoms with E-state index >= 15 is 0 Å². The van der Waals surface area contributed by atoms with E-state index < -0.39 is 41.9 Å². The fourth-order valence-electron chi connectivity index (χ4n) is 6.77. The van der Waals surface area contributed by atoms with Crippen LogP contribution in [-0.2, 0) is 33.4 Å². The molecular weight excluding hydrogens is 735 g/mol. The highest BCUT2D eigenvalue weighted by atomic mass is 16.6. The number of aliphatic carboxylic acids is 1. The van der Waals surface area contributed by atoms with Crippen molar-refractivity contribution in [1.29, 1.82) is 0 Å². The molecule has 0 saturated heterocycles. The lowest BCUT2D eigenvalue weighted by Crippen LogP contribution is -2.34. The van der Waals surface area contributed by atoms with Gasteiger partial charge >= 0.3 is 29.8 Å². The Morgan fingerprint density at radius 3 is 1.03 bits per heavy atom. The van der Waals surface area contributed by atoms with Gasteiger partial charge in [0.05, 0.1) is 0 Å². The number of esters is 4. The quantitative estimate of drug-likeness (QED) is 0.0259. The van der Waals surface area contributed by atoms with Crippen LogP contribution in [0.1, 0.15) is 251 Å². The summed E-state index contributed by atoms with van der Waals surface area (Å²) in [6.07, 6.45) is 39.7. The SMILES string of the molecule is CCCCCCCCCCCCCCCCCC(=O)OC(=O)CCC(N)C(=O)OC(=O)CCCCCCCCCCCCCCCCC.NCCCCC(N)C(=O)O. The molecule has 7 N–H and O–H groups in total. The van der Waals surface area contributed by atoms with Gasteiger partial charge in [-0.3, -0.25) is 19.2 Å². The molecule has 0 fully saturated rings. The molecule has 11 heteroatoms. The number of nitrogens with two attached hydrogens (primary N) is 3. The number of unbranched alkanes of at least 4 members (excludes halogenated alkanes) is 29. The Hall–Kier alpha value is -2.37. The summed E-state index contributed by atoms with van der Waals surface area (Å²) in [5.74, 6) is -3.58. The predicted octanol–water partition coefficient (Wildman–Crippen LogP) is 11.3. The van der Waals surface area contributed by atoms with E-state index in [-0.39, 0.29) is 25.7 Å². The molecule has 11 nitrogen and oxygen atoms in total. The van der Waals surface area contributed by atoms with Gasteiger partial charge in [-0.2, -0.15) is 0 Å². The van der Waals surface area contributed by atoms with Crippen LogP contribution in [0, 0.1) is 0 Å². The summed E-state index contributed by atoms with van der Waals surface area (Å²) >= 11 is 0. The fourth-order valence-corrected chi connectivity index (χ4v) is 6.77.